The Morgan fingerprint density at radius 3 is 2.71 bits per heavy atom. The molecule has 0 aromatic carbocycles. The molecule has 3 nitrogen and oxygen atoms in total. The van der Waals surface area contributed by atoms with E-state index in [0.717, 1.165) is 0 Å². The van der Waals surface area contributed by atoms with Crippen molar-refractivity contribution in [2.24, 2.45) is 5.73 Å². The van der Waals surface area contributed by atoms with E-state index in [0.29, 0.717) is 11.1 Å². The fraction of sp³-hybridized carbons (Fsp3) is 0.333. The monoisotopic (exact) mass is 197 g/mol. The number of aryl methyl sites for hydroxylation is 1. The molecule has 2 N–H and O–H groups in total. The lowest BCUT2D eigenvalue weighted by atomic mass is 10.1. The number of hydrogen-bond donors (Lipinski definition) is 1. The molecule has 14 heavy (non-hydrogen) atoms. The van der Waals surface area contributed by atoms with E-state index in [1.165, 1.54) is 6.07 Å². The molecule has 0 spiro atoms. The number of rotatable bonds is 2. The van der Waals surface area contributed by atoms with Crippen molar-refractivity contribution >= 4 is 0 Å². The lowest BCUT2D eigenvalue weighted by Gasteiger charge is -2.09. The van der Waals surface area contributed by atoms with Crippen LogP contribution in [0.3, 0.4) is 0 Å². The largest absolute Gasteiger partial charge is 0.326 e. The molecule has 1 aromatic rings. The van der Waals surface area contributed by atoms with Crippen LogP contribution in [0.2, 0.25) is 0 Å². The minimum Gasteiger partial charge on any atom is -0.326 e. The number of hydrogen-bond acceptors (Lipinski definition) is 3. The predicted octanol–water partition coefficient (Wildman–Crippen LogP) is 1.66. The summed E-state index contributed by atoms with van der Waals surface area (Å²) in [4.78, 5) is 3.53. The second-order valence-corrected chi connectivity index (χ2v) is 2.80. The van der Waals surface area contributed by atoms with Crippen LogP contribution in [0.4, 0.5) is 8.78 Å². The van der Waals surface area contributed by atoms with Crippen molar-refractivity contribution in [3.8, 4) is 6.07 Å². The van der Waals surface area contributed by atoms with E-state index < -0.39 is 6.43 Å². The second kappa shape index (κ2) is 4.11. The normalized spacial score (nSPS) is 10.3. The molecule has 0 amide bonds. The highest BCUT2D eigenvalue weighted by Crippen LogP contribution is 2.23. The molecule has 1 rings (SSSR count). The number of alkyl halides is 2. The van der Waals surface area contributed by atoms with Crippen LogP contribution in [0, 0.1) is 18.3 Å². The standard InChI is InChI=1S/C9H9F2N3/c1-5-2-6(3-12)14-8(9(10)11)7(5)4-13/h2,9H,4,13H2,1H3. The van der Waals surface area contributed by atoms with Gasteiger partial charge in [0.1, 0.15) is 17.5 Å². The lowest BCUT2D eigenvalue weighted by molar-refractivity contribution is 0.144. The van der Waals surface area contributed by atoms with Crippen molar-refractivity contribution < 1.29 is 8.78 Å². The van der Waals surface area contributed by atoms with Crippen LogP contribution in [0.25, 0.3) is 0 Å². The molecule has 5 heteroatoms. The van der Waals surface area contributed by atoms with E-state index in [1.807, 2.05) is 0 Å². The van der Waals surface area contributed by atoms with Gasteiger partial charge in [0.25, 0.3) is 6.43 Å². The van der Waals surface area contributed by atoms with Crippen LogP contribution in [0.5, 0.6) is 0 Å². The summed E-state index contributed by atoms with van der Waals surface area (Å²) >= 11 is 0. The van der Waals surface area contributed by atoms with Gasteiger partial charge in [0.2, 0.25) is 0 Å². The molecule has 0 saturated carbocycles. The highest BCUT2D eigenvalue weighted by Gasteiger charge is 2.17. The first-order valence-electron chi connectivity index (χ1n) is 3.99. The number of pyridine rings is 1. The Bertz CT molecular complexity index is 382. The summed E-state index contributed by atoms with van der Waals surface area (Å²) in [5, 5.41) is 8.54. The van der Waals surface area contributed by atoms with Gasteiger partial charge in [-0.15, -0.1) is 0 Å². The van der Waals surface area contributed by atoms with Gasteiger partial charge in [0.15, 0.2) is 0 Å². The zero-order valence-corrected chi connectivity index (χ0v) is 7.59. The Morgan fingerprint density at radius 2 is 2.29 bits per heavy atom. The van der Waals surface area contributed by atoms with E-state index in [1.54, 1.807) is 13.0 Å². The first-order chi connectivity index (χ1) is 6.60. The van der Waals surface area contributed by atoms with Gasteiger partial charge in [-0.05, 0) is 24.1 Å². The Hall–Kier alpha value is -1.54. The fourth-order valence-corrected chi connectivity index (χ4v) is 1.23. The molecule has 1 heterocycles. The van der Waals surface area contributed by atoms with Crippen LogP contribution in [0.15, 0.2) is 6.07 Å². The lowest BCUT2D eigenvalue weighted by Crippen LogP contribution is -2.08. The summed E-state index contributed by atoms with van der Waals surface area (Å²) in [6, 6.07) is 3.18. The van der Waals surface area contributed by atoms with Gasteiger partial charge < -0.3 is 5.73 Å². The summed E-state index contributed by atoms with van der Waals surface area (Å²) in [5.74, 6) is 0. The molecule has 0 fully saturated rings. The molecule has 0 aliphatic heterocycles. The molecular formula is C9H9F2N3. The van der Waals surface area contributed by atoms with E-state index in [-0.39, 0.29) is 17.9 Å². The number of nitriles is 1. The van der Waals surface area contributed by atoms with Crippen LogP contribution in [-0.4, -0.2) is 4.98 Å². The van der Waals surface area contributed by atoms with Crippen molar-refractivity contribution in [1.82, 2.24) is 4.98 Å². The summed E-state index contributed by atoms with van der Waals surface area (Å²) in [6.45, 7) is 1.64. The summed E-state index contributed by atoms with van der Waals surface area (Å²) < 4.78 is 25.0. The topological polar surface area (TPSA) is 62.7 Å². The zero-order valence-electron chi connectivity index (χ0n) is 7.59. The van der Waals surface area contributed by atoms with Crippen molar-refractivity contribution in [3.63, 3.8) is 0 Å². The molecule has 1 aromatic heterocycles. The van der Waals surface area contributed by atoms with Gasteiger partial charge in [-0.25, -0.2) is 13.8 Å². The maximum absolute atomic E-state index is 12.5. The van der Waals surface area contributed by atoms with Crippen molar-refractivity contribution in [2.75, 3.05) is 0 Å². The summed E-state index contributed by atoms with van der Waals surface area (Å²) in [7, 11) is 0. The first kappa shape index (κ1) is 10.5. The van der Waals surface area contributed by atoms with Crippen LogP contribution >= 0.6 is 0 Å². The van der Waals surface area contributed by atoms with E-state index in [9.17, 15) is 8.78 Å². The Morgan fingerprint density at radius 1 is 1.64 bits per heavy atom. The van der Waals surface area contributed by atoms with Crippen molar-refractivity contribution in [1.29, 1.82) is 5.26 Å². The molecular weight excluding hydrogens is 188 g/mol. The molecule has 0 aliphatic carbocycles. The molecule has 0 saturated heterocycles. The molecule has 0 unspecified atom stereocenters. The number of aromatic nitrogens is 1. The number of nitrogens with two attached hydrogens (primary N) is 1. The Kier molecular flexibility index (Phi) is 3.10. The van der Waals surface area contributed by atoms with Crippen LogP contribution in [-0.2, 0) is 6.54 Å². The highest BCUT2D eigenvalue weighted by molar-refractivity contribution is 5.36. The third-order valence-corrected chi connectivity index (χ3v) is 1.90. The highest BCUT2D eigenvalue weighted by atomic mass is 19.3. The van der Waals surface area contributed by atoms with Gasteiger partial charge in [-0.1, -0.05) is 0 Å². The minimum absolute atomic E-state index is 0.00418. The number of nitrogens with zero attached hydrogens (tertiary/aromatic N) is 2. The van der Waals surface area contributed by atoms with Crippen molar-refractivity contribution in [2.45, 2.75) is 19.9 Å². The van der Waals surface area contributed by atoms with E-state index in [4.69, 9.17) is 11.0 Å². The third kappa shape index (κ3) is 1.86. The summed E-state index contributed by atoms with van der Waals surface area (Å²) in [5.41, 5.74) is 5.83. The molecule has 0 bridgehead atoms. The molecule has 74 valence electrons. The van der Waals surface area contributed by atoms with Crippen LogP contribution < -0.4 is 5.73 Å². The van der Waals surface area contributed by atoms with Gasteiger partial charge in [-0.3, -0.25) is 0 Å². The Labute approximate surface area is 80.2 Å². The quantitative estimate of drug-likeness (QED) is 0.784. The first-order valence-corrected chi connectivity index (χ1v) is 3.99. The van der Waals surface area contributed by atoms with Gasteiger partial charge >= 0.3 is 0 Å². The molecule has 0 atom stereocenters. The average molecular weight is 197 g/mol. The zero-order chi connectivity index (χ0) is 10.7. The average Bonchev–Trinajstić information content (AvgIpc) is 2.16. The molecule has 0 radical (unpaired) electrons. The van der Waals surface area contributed by atoms with E-state index >= 15 is 0 Å². The maximum Gasteiger partial charge on any atom is 0.280 e. The van der Waals surface area contributed by atoms with Crippen molar-refractivity contribution in [3.05, 3.63) is 28.6 Å². The third-order valence-electron chi connectivity index (χ3n) is 1.90. The Balaban J connectivity index is 3.37. The SMILES string of the molecule is Cc1cc(C#N)nc(C(F)F)c1CN. The number of halogens is 2. The molecule has 0 aliphatic rings. The maximum atomic E-state index is 12.5. The second-order valence-electron chi connectivity index (χ2n) is 2.80. The van der Waals surface area contributed by atoms with Gasteiger partial charge in [0, 0.05) is 6.54 Å². The predicted molar refractivity (Wildman–Crippen MR) is 46.5 cm³/mol. The summed E-state index contributed by atoms with van der Waals surface area (Å²) in [6.07, 6.45) is -2.69. The van der Waals surface area contributed by atoms with E-state index in [2.05, 4.69) is 4.98 Å². The van der Waals surface area contributed by atoms with Gasteiger partial charge in [0.05, 0.1) is 0 Å². The smallest absolute Gasteiger partial charge is 0.280 e. The fourth-order valence-electron chi connectivity index (χ4n) is 1.23. The van der Waals surface area contributed by atoms with Crippen LogP contribution in [0.1, 0.15) is 28.9 Å². The van der Waals surface area contributed by atoms with Gasteiger partial charge in [-0.2, -0.15) is 5.26 Å². The minimum atomic E-state index is -2.69.